The van der Waals surface area contributed by atoms with E-state index in [1.54, 1.807) is 18.0 Å². The molecule has 88 valence electrons. The Kier molecular flexibility index (Phi) is 3.64. The lowest BCUT2D eigenvalue weighted by Gasteiger charge is -2.05. The Hall–Kier alpha value is -1.55. The largest absolute Gasteiger partial charge is 0.373 e. The molecule has 1 N–H and O–H groups in total. The van der Waals surface area contributed by atoms with Crippen molar-refractivity contribution in [2.75, 3.05) is 12.4 Å². The van der Waals surface area contributed by atoms with E-state index in [2.05, 4.69) is 34.3 Å². The Bertz CT molecular complexity index is 506. The van der Waals surface area contributed by atoms with Crippen molar-refractivity contribution < 1.29 is 0 Å². The first-order chi connectivity index (χ1) is 8.17. The van der Waals surface area contributed by atoms with Crippen LogP contribution < -0.4 is 5.32 Å². The molecule has 0 aliphatic carbocycles. The normalized spacial score (nSPS) is 10.3. The third-order valence-corrected chi connectivity index (χ3v) is 3.19. The molecule has 0 spiro atoms. The van der Waals surface area contributed by atoms with Crippen LogP contribution in [-0.2, 0) is 0 Å². The van der Waals surface area contributed by atoms with Gasteiger partial charge in [-0.05, 0) is 43.7 Å². The zero-order valence-electron chi connectivity index (χ0n) is 10.2. The van der Waals surface area contributed by atoms with Crippen molar-refractivity contribution >= 4 is 17.6 Å². The van der Waals surface area contributed by atoms with Crippen LogP contribution in [0.4, 0.5) is 5.82 Å². The summed E-state index contributed by atoms with van der Waals surface area (Å²) in [6, 6.07) is 8.18. The average molecular weight is 245 g/mol. The molecule has 3 nitrogen and oxygen atoms in total. The van der Waals surface area contributed by atoms with E-state index in [4.69, 9.17) is 0 Å². The Morgan fingerprint density at radius 2 is 2.00 bits per heavy atom. The summed E-state index contributed by atoms with van der Waals surface area (Å²) in [5.74, 6) is 0.874. The molecule has 4 heteroatoms. The van der Waals surface area contributed by atoms with Crippen LogP contribution in [0.5, 0.6) is 0 Å². The van der Waals surface area contributed by atoms with Gasteiger partial charge in [0.1, 0.15) is 10.8 Å². The molecule has 0 aromatic carbocycles. The summed E-state index contributed by atoms with van der Waals surface area (Å²) in [4.78, 5) is 9.84. The van der Waals surface area contributed by atoms with Gasteiger partial charge in [-0.1, -0.05) is 11.8 Å². The fourth-order valence-corrected chi connectivity index (χ4v) is 2.56. The molecule has 0 saturated heterocycles. The lowest BCUT2D eigenvalue weighted by atomic mass is 10.3. The van der Waals surface area contributed by atoms with Crippen molar-refractivity contribution in [1.82, 2.24) is 9.97 Å². The Balaban J connectivity index is 2.24. The fraction of sp³-hybridized carbons (Fsp3) is 0.231. The van der Waals surface area contributed by atoms with E-state index >= 15 is 0 Å². The van der Waals surface area contributed by atoms with Gasteiger partial charge in [0, 0.05) is 23.8 Å². The van der Waals surface area contributed by atoms with Crippen molar-refractivity contribution in [2.24, 2.45) is 0 Å². The van der Waals surface area contributed by atoms with Gasteiger partial charge in [-0.2, -0.15) is 0 Å². The van der Waals surface area contributed by atoms with E-state index in [1.165, 1.54) is 5.56 Å². The van der Waals surface area contributed by atoms with Gasteiger partial charge in [0.25, 0.3) is 0 Å². The number of nitrogens with one attached hydrogen (secondary N) is 1. The average Bonchev–Trinajstić information content (AvgIpc) is 2.28. The predicted octanol–water partition coefficient (Wildman–Crippen LogP) is 3.29. The molecule has 0 saturated carbocycles. The first-order valence-electron chi connectivity index (χ1n) is 5.44. The molecule has 17 heavy (non-hydrogen) atoms. The van der Waals surface area contributed by atoms with Crippen molar-refractivity contribution in [3.05, 3.63) is 41.7 Å². The van der Waals surface area contributed by atoms with Crippen molar-refractivity contribution in [1.29, 1.82) is 0 Å². The minimum absolute atomic E-state index is 0.874. The van der Waals surface area contributed by atoms with Gasteiger partial charge < -0.3 is 5.32 Å². The van der Waals surface area contributed by atoms with Gasteiger partial charge in [-0.3, -0.25) is 0 Å². The van der Waals surface area contributed by atoms with Gasteiger partial charge in [0.2, 0.25) is 0 Å². The highest BCUT2D eigenvalue weighted by molar-refractivity contribution is 7.99. The van der Waals surface area contributed by atoms with Crippen LogP contribution in [0, 0.1) is 13.8 Å². The molecule has 0 unspecified atom stereocenters. The fourth-order valence-electron chi connectivity index (χ4n) is 1.59. The summed E-state index contributed by atoms with van der Waals surface area (Å²) in [7, 11) is 1.87. The van der Waals surface area contributed by atoms with E-state index < -0.39 is 0 Å². The Labute approximate surface area is 106 Å². The van der Waals surface area contributed by atoms with E-state index in [0.717, 1.165) is 21.4 Å². The Morgan fingerprint density at radius 3 is 2.71 bits per heavy atom. The maximum Gasteiger partial charge on any atom is 0.126 e. The molecule has 0 fully saturated rings. The van der Waals surface area contributed by atoms with Gasteiger partial charge in [-0.15, -0.1) is 0 Å². The molecular weight excluding hydrogens is 230 g/mol. The highest BCUT2D eigenvalue weighted by Crippen LogP contribution is 2.27. The molecule has 0 radical (unpaired) electrons. The van der Waals surface area contributed by atoms with Crippen LogP contribution >= 0.6 is 11.8 Å². The third kappa shape index (κ3) is 3.20. The number of hydrogen-bond acceptors (Lipinski definition) is 4. The van der Waals surface area contributed by atoms with Crippen molar-refractivity contribution in [2.45, 2.75) is 23.8 Å². The molecule has 2 rings (SSSR count). The van der Waals surface area contributed by atoms with E-state index in [0.29, 0.717) is 0 Å². The minimum Gasteiger partial charge on any atom is -0.373 e. The van der Waals surface area contributed by atoms with E-state index in [9.17, 15) is 0 Å². The van der Waals surface area contributed by atoms with Crippen molar-refractivity contribution in [3.8, 4) is 0 Å². The summed E-state index contributed by atoms with van der Waals surface area (Å²) in [6.07, 6.45) is 1.80. The summed E-state index contributed by atoms with van der Waals surface area (Å²) >= 11 is 1.65. The molecular formula is C13H15N3S. The molecule has 0 bridgehead atoms. The monoisotopic (exact) mass is 245 g/mol. The smallest absolute Gasteiger partial charge is 0.126 e. The molecule has 2 heterocycles. The number of nitrogens with zero attached hydrogens (tertiary/aromatic N) is 2. The summed E-state index contributed by atoms with van der Waals surface area (Å²) in [5.41, 5.74) is 2.29. The number of rotatable bonds is 3. The second-order valence-electron chi connectivity index (χ2n) is 3.85. The molecule has 2 aromatic heterocycles. The summed E-state index contributed by atoms with van der Waals surface area (Å²) < 4.78 is 0. The van der Waals surface area contributed by atoms with Crippen LogP contribution in [0.25, 0.3) is 0 Å². The first-order valence-corrected chi connectivity index (χ1v) is 6.26. The maximum atomic E-state index is 4.51. The maximum absolute atomic E-state index is 4.51. The SMILES string of the molecule is CNc1cc(Sc2cc(C)cc(C)n2)ccn1. The zero-order valence-corrected chi connectivity index (χ0v) is 11.0. The van der Waals surface area contributed by atoms with Crippen LogP contribution in [0.1, 0.15) is 11.3 Å². The minimum atomic E-state index is 0.874. The number of pyridine rings is 2. The van der Waals surface area contributed by atoms with Crippen LogP contribution in [0.3, 0.4) is 0 Å². The quantitative estimate of drug-likeness (QED) is 0.900. The molecule has 2 aromatic rings. The van der Waals surface area contributed by atoms with E-state index in [1.807, 2.05) is 26.1 Å². The van der Waals surface area contributed by atoms with Gasteiger partial charge >= 0.3 is 0 Å². The molecule has 0 aliphatic rings. The zero-order chi connectivity index (χ0) is 12.3. The second-order valence-corrected chi connectivity index (χ2v) is 4.95. The topological polar surface area (TPSA) is 37.8 Å². The van der Waals surface area contributed by atoms with Crippen molar-refractivity contribution in [3.63, 3.8) is 0 Å². The molecule has 0 amide bonds. The number of aromatic nitrogens is 2. The highest BCUT2D eigenvalue weighted by Gasteiger charge is 2.02. The second kappa shape index (κ2) is 5.19. The highest BCUT2D eigenvalue weighted by atomic mass is 32.2. The van der Waals surface area contributed by atoms with Gasteiger partial charge in [0.05, 0.1) is 0 Å². The lowest BCUT2D eigenvalue weighted by molar-refractivity contribution is 1.05. The summed E-state index contributed by atoms with van der Waals surface area (Å²) in [6.45, 7) is 4.10. The number of hydrogen-bond donors (Lipinski definition) is 1. The Morgan fingerprint density at radius 1 is 1.18 bits per heavy atom. The summed E-state index contributed by atoms with van der Waals surface area (Å²) in [5, 5.41) is 4.05. The van der Waals surface area contributed by atoms with Crippen LogP contribution in [-0.4, -0.2) is 17.0 Å². The standard InChI is InChI=1S/C13H15N3S/c1-9-6-10(2)16-13(7-9)17-11-4-5-15-12(8-11)14-3/h4-8H,1-3H3,(H,14,15). The van der Waals surface area contributed by atoms with Crippen LogP contribution in [0.15, 0.2) is 40.4 Å². The molecule has 0 aliphatic heterocycles. The lowest BCUT2D eigenvalue weighted by Crippen LogP contribution is -1.91. The molecule has 0 atom stereocenters. The van der Waals surface area contributed by atoms with Crippen LogP contribution in [0.2, 0.25) is 0 Å². The number of anilines is 1. The van der Waals surface area contributed by atoms with Gasteiger partial charge in [-0.25, -0.2) is 9.97 Å². The first kappa shape index (κ1) is 11.9. The number of aryl methyl sites for hydroxylation is 2. The van der Waals surface area contributed by atoms with E-state index in [-0.39, 0.29) is 0 Å². The predicted molar refractivity (Wildman–Crippen MR) is 71.6 cm³/mol. The van der Waals surface area contributed by atoms with Gasteiger partial charge in [0.15, 0.2) is 0 Å². The third-order valence-electron chi connectivity index (χ3n) is 2.28.